The van der Waals surface area contributed by atoms with Crippen molar-refractivity contribution in [1.29, 1.82) is 0 Å². The van der Waals surface area contributed by atoms with E-state index in [1.807, 2.05) is 30.3 Å². The minimum Gasteiger partial charge on any atom is -0.455 e. The van der Waals surface area contributed by atoms with Crippen molar-refractivity contribution in [2.24, 2.45) is 0 Å². The minimum absolute atomic E-state index is 0.257. The van der Waals surface area contributed by atoms with E-state index < -0.39 is 0 Å². The number of hydrogen-bond acceptors (Lipinski definition) is 4. The summed E-state index contributed by atoms with van der Waals surface area (Å²) in [4.78, 5) is 14.7. The number of nitrogens with zero attached hydrogens (tertiary/aromatic N) is 3. The van der Waals surface area contributed by atoms with Crippen molar-refractivity contribution in [3.63, 3.8) is 0 Å². The van der Waals surface area contributed by atoms with Gasteiger partial charge in [0.05, 0.1) is 23.5 Å². The van der Waals surface area contributed by atoms with Crippen LogP contribution in [-0.4, -0.2) is 33.7 Å². The highest BCUT2D eigenvalue weighted by atomic mass is 35.5. The molecule has 0 spiro atoms. The van der Waals surface area contributed by atoms with Crippen molar-refractivity contribution in [3.05, 3.63) is 65.3 Å². The molecule has 3 aromatic rings. The predicted octanol–water partition coefficient (Wildman–Crippen LogP) is 3.97. The van der Waals surface area contributed by atoms with E-state index in [0.29, 0.717) is 16.5 Å². The zero-order valence-electron chi connectivity index (χ0n) is 14.2. The van der Waals surface area contributed by atoms with E-state index in [9.17, 15) is 4.79 Å². The molecule has 1 saturated heterocycles. The number of nitrogens with one attached hydrogen (secondary N) is 1. The van der Waals surface area contributed by atoms with Gasteiger partial charge in [-0.2, -0.15) is 5.10 Å². The number of benzene rings is 1. The molecule has 7 heteroatoms. The number of anilines is 1. The Kier molecular flexibility index (Phi) is 4.77. The SMILES string of the molecule is O=C(Nc1ccc(-n2cc(Cl)cn2)cc1)c1ccc(CN2CCCC2)o1. The van der Waals surface area contributed by atoms with E-state index in [2.05, 4.69) is 15.3 Å². The van der Waals surface area contributed by atoms with Gasteiger partial charge in [0.1, 0.15) is 5.76 Å². The summed E-state index contributed by atoms with van der Waals surface area (Å²) in [5, 5.41) is 7.57. The normalized spacial score (nSPS) is 14.7. The maximum absolute atomic E-state index is 12.4. The van der Waals surface area contributed by atoms with Crippen LogP contribution in [0.25, 0.3) is 5.69 Å². The number of rotatable bonds is 5. The van der Waals surface area contributed by atoms with Crippen LogP contribution in [0.5, 0.6) is 0 Å². The smallest absolute Gasteiger partial charge is 0.291 e. The summed E-state index contributed by atoms with van der Waals surface area (Å²) in [5.74, 6) is 0.887. The largest absolute Gasteiger partial charge is 0.455 e. The third-order valence-corrected chi connectivity index (χ3v) is 4.60. The van der Waals surface area contributed by atoms with Crippen LogP contribution in [0, 0.1) is 0 Å². The molecule has 0 atom stereocenters. The molecule has 0 saturated carbocycles. The lowest BCUT2D eigenvalue weighted by atomic mass is 10.2. The second-order valence-corrected chi connectivity index (χ2v) is 6.79. The number of likely N-dealkylation sites (tertiary alicyclic amines) is 1. The molecule has 1 aliphatic heterocycles. The molecule has 6 nitrogen and oxygen atoms in total. The van der Waals surface area contributed by atoms with Crippen molar-refractivity contribution in [3.8, 4) is 5.69 Å². The summed E-state index contributed by atoms with van der Waals surface area (Å²) in [5.41, 5.74) is 1.55. The van der Waals surface area contributed by atoms with Crippen molar-refractivity contribution < 1.29 is 9.21 Å². The Morgan fingerprint density at radius 1 is 1.15 bits per heavy atom. The highest BCUT2D eigenvalue weighted by Gasteiger charge is 2.16. The van der Waals surface area contributed by atoms with Crippen LogP contribution in [0.2, 0.25) is 5.02 Å². The number of halogens is 1. The Balaban J connectivity index is 1.39. The third kappa shape index (κ3) is 3.81. The van der Waals surface area contributed by atoms with Crippen molar-refractivity contribution >= 4 is 23.2 Å². The summed E-state index contributed by atoms with van der Waals surface area (Å²) in [6, 6.07) is 11.0. The maximum atomic E-state index is 12.4. The van der Waals surface area contributed by atoms with Gasteiger partial charge in [-0.05, 0) is 62.3 Å². The Hall–Kier alpha value is -2.57. The molecule has 1 aromatic carbocycles. The van der Waals surface area contributed by atoms with Gasteiger partial charge in [-0.25, -0.2) is 4.68 Å². The van der Waals surface area contributed by atoms with E-state index in [4.69, 9.17) is 16.0 Å². The first kappa shape index (κ1) is 16.9. The molecule has 0 unspecified atom stereocenters. The lowest BCUT2D eigenvalue weighted by molar-refractivity contribution is 0.0993. The van der Waals surface area contributed by atoms with Crippen LogP contribution in [0.1, 0.15) is 29.2 Å². The zero-order chi connectivity index (χ0) is 17.9. The minimum atomic E-state index is -0.257. The molecule has 4 rings (SSSR count). The fourth-order valence-electron chi connectivity index (χ4n) is 3.08. The fourth-order valence-corrected chi connectivity index (χ4v) is 3.21. The predicted molar refractivity (Wildman–Crippen MR) is 99.7 cm³/mol. The quantitative estimate of drug-likeness (QED) is 0.738. The average Bonchev–Trinajstić information content (AvgIpc) is 3.38. The topological polar surface area (TPSA) is 63.3 Å². The van der Waals surface area contributed by atoms with Crippen LogP contribution >= 0.6 is 11.6 Å². The van der Waals surface area contributed by atoms with Crippen LogP contribution in [-0.2, 0) is 6.54 Å². The van der Waals surface area contributed by atoms with E-state index in [-0.39, 0.29) is 5.91 Å². The molecule has 26 heavy (non-hydrogen) atoms. The Morgan fingerprint density at radius 2 is 1.92 bits per heavy atom. The van der Waals surface area contributed by atoms with Crippen LogP contribution in [0.4, 0.5) is 5.69 Å². The molecule has 2 aromatic heterocycles. The number of hydrogen-bond donors (Lipinski definition) is 1. The molecule has 0 radical (unpaired) electrons. The molecule has 0 aliphatic carbocycles. The van der Waals surface area contributed by atoms with E-state index in [1.165, 1.54) is 12.8 Å². The number of furan rings is 1. The van der Waals surface area contributed by atoms with Gasteiger partial charge < -0.3 is 9.73 Å². The molecule has 1 N–H and O–H groups in total. The number of carbonyl (C=O) groups is 1. The van der Waals surface area contributed by atoms with Gasteiger partial charge in [0, 0.05) is 11.9 Å². The lowest BCUT2D eigenvalue weighted by Crippen LogP contribution is -2.18. The molecule has 1 fully saturated rings. The number of carbonyl (C=O) groups excluding carboxylic acids is 1. The van der Waals surface area contributed by atoms with E-state index in [1.54, 1.807) is 23.1 Å². The fraction of sp³-hybridized carbons (Fsp3) is 0.263. The standard InChI is InChI=1S/C19H19ClN4O2/c20-14-11-21-24(12-14)16-5-3-15(4-6-16)22-19(25)18-8-7-17(26-18)13-23-9-1-2-10-23/h3-8,11-12H,1-2,9-10,13H2,(H,22,25). The summed E-state index contributed by atoms with van der Waals surface area (Å²) in [7, 11) is 0. The van der Waals surface area contributed by atoms with Crippen LogP contribution in [0.3, 0.4) is 0 Å². The van der Waals surface area contributed by atoms with Gasteiger partial charge >= 0.3 is 0 Å². The highest BCUT2D eigenvalue weighted by molar-refractivity contribution is 6.30. The molecule has 3 heterocycles. The molecular formula is C19H19ClN4O2. The molecule has 0 bridgehead atoms. The first-order valence-corrected chi connectivity index (χ1v) is 8.98. The Bertz CT molecular complexity index is 894. The molecule has 1 amide bonds. The second kappa shape index (κ2) is 7.35. The average molecular weight is 371 g/mol. The monoisotopic (exact) mass is 370 g/mol. The van der Waals surface area contributed by atoms with Gasteiger partial charge in [-0.3, -0.25) is 9.69 Å². The summed E-state index contributed by atoms with van der Waals surface area (Å²) in [6.07, 6.45) is 5.76. The molecule has 1 aliphatic rings. The summed E-state index contributed by atoms with van der Waals surface area (Å²) >= 11 is 5.88. The van der Waals surface area contributed by atoms with E-state index >= 15 is 0 Å². The number of aromatic nitrogens is 2. The molecular weight excluding hydrogens is 352 g/mol. The first-order chi connectivity index (χ1) is 12.7. The zero-order valence-corrected chi connectivity index (χ0v) is 14.9. The first-order valence-electron chi connectivity index (χ1n) is 8.60. The van der Waals surface area contributed by atoms with Gasteiger partial charge in [0.2, 0.25) is 0 Å². The Labute approximate surface area is 156 Å². The van der Waals surface area contributed by atoms with Crippen molar-refractivity contribution in [1.82, 2.24) is 14.7 Å². The second-order valence-electron chi connectivity index (χ2n) is 6.35. The van der Waals surface area contributed by atoms with E-state index in [0.717, 1.165) is 31.1 Å². The van der Waals surface area contributed by atoms with Gasteiger partial charge in [-0.15, -0.1) is 0 Å². The van der Waals surface area contributed by atoms with Gasteiger partial charge in [0.15, 0.2) is 5.76 Å². The van der Waals surface area contributed by atoms with Crippen LogP contribution in [0.15, 0.2) is 53.2 Å². The van der Waals surface area contributed by atoms with Gasteiger partial charge in [0.25, 0.3) is 5.91 Å². The van der Waals surface area contributed by atoms with Crippen molar-refractivity contribution in [2.45, 2.75) is 19.4 Å². The number of amides is 1. The summed E-state index contributed by atoms with van der Waals surface area (Å²) in [6.45, 7) is 2.94. The Morgan fingerprint density at radius 3 is 2.62 bits per heavy atom. The lowest BCUT2D eigenvalue weighted by Gasteiger charge is -2.11. The maximum Gasteiger partial charge on any atom is 0.291 e. The molecule has 134 valence electrons. The van der Waals surface area contributed by atoms with Crippen LogP contribution < -0.4 is 5.32 Å². The summed E-state index contributed by atoms with van der Waals surface area (Å²) < 4.78 is 7.36. The highest BCUT2D eigenvalue weighted by Crippen LogP contribution is 2.18. The third-order valence-electron chi connectivity index (χ3n) is 4.40. The van der Waals surface area contributed by atoms with Crippen molar-refractivity contribution in [2.75, 3.05) is 18.4 Å². The van der Waals surface area contributed by atoms with Gasteiger partial charge in [-0.1, -0.05) is 11.6 Å².